The summed E-state index contributed by atoms with van der Waals surface area (Å²) in [6, 6.07) is 4.80. The Balaban J connectivity index is 1.96. The summed E-state index contributed by atoms with van der Waals surface area (Å²) >= 11 is 3.39. The Morgan fingerprint density at radius 3 is 2.95 bits per heavy atom. The maximum Gasteiger partial charge on any atom is 0.124 e. The first kappa shape index (κ1) is 15.9. The van der Waals surface area contributed by atoms with E-state index < -0.39 is 5.60 Å². The molecule has 4 heteroatoms. The van der Waals surface area contributed by atoms with Crippen LogP contribution in [0.15, 0.2) is 22.7 Å². The third-order valence-electron chi connectivity index (χ3n) is 4.23. The first-order valence-corrected chi connectivity index (χ1v) is 8.10. The SMILES string of the molecule is CC1CCCC(O)(CNC(C)c2ccc(F)cc2Br)C1. The minimum absolute atomic E-state index is 0.0752. The second kappa shape index (κ2) is 6.54. The minimum Gasteiger partial charge on any atom is -0.389 e. The molecule has 1 saturated carbocycles. The van der Waals surface area contributed by atoms with Gasteiger partial charge in [-0.1, -0.05) is 41.8 Å². The summed E-state index contributed by atoms with van der Waals surface area (Å²) in [5.74, 6) is 0.343. The van der Waals surface area contributed by atoms with Crippen molar-refractivity contribution in [3.8, 4) is 0 Å². The Morgan fingerprint density at radius 1 is 1.55 bits per heavy atom. The molecule has 0 bridgehead atoms. The fourth-order valence-electron chi connectivity index (χ4n) is 3.10. The Kier molecular flexibility index (Phi) is 5.21. The second-order valence-corrected chi connectivity index (χ2v) is 7.05. The Morgan fingerprint density at radius 2 is 2.30 bits per heavy atom. The molecule has 3 unspecified atom stereocenters. The lowest BCUT2D eigenvalue weighted by Crippen LogP contribution is -2.44. The number of benzene rings is 1. The van der Waals surface area contributed by atoms with Crippen LogP contribution in [0.5, 0.6) is 0 Å². The molecular formula is C16H23BrFNO. The maximum absolute atomic E-state index is 13.1. The molecule has 1 aromatic rings. The molecule has 3 atom stereocenters. The molecule has 2 N–H and O–H groups in total. The van der Waals surface area contributed by atoms with Gasteiger partial charge in [-0.2, -0.15) is 0 Å². The summed E-state index contributed by atoms with van der Waals surface area (Å²) in [4.78, 5) is 0. The highest BCUT2D eigenvalue weighted by atomic mass is 79.9. The third-order valence-corrected chi connectivity index (χ3v) is 4.92. The zero-order chi connectivity index (χ0) is 14.8. The molecule has 1 aliphatic rings. The molecule has 1 aliphatic carbocycles. The van der Waals surface area contributed by atoms with Crippen molar-refractivity contribution in [2.24, 2.45) is 5.92 Å². The van der Waals surface area contributed by atoms with Crippen molar-refractivity contribution in [3.63, 3.8) is 0 Å². The van der Waals surface area contributed by atoms with Gasteiger partial charge in [0.1, 0.15) is 5.82 Å². The molecule has 112 valence electrons. The van der Waals surface area contributed by atoms with Gasteiger partial charge in [0.15, 0.2) is 0 Å². The molecule has 2 nitrogen and oxygen atoms in total. The standard InChI is InChI=1S/C16H23BrFNO/c1-11-4-3-7-16(20,9-11)10-19-12(2)14-6-5-13(18)8-15(14)17/h5-6,8,11-12,19-20H,3-4,7,9-10H2,1-2H3. The van der Waals surface area contributed by atoms with Crippen molar-refractivity contribution >= 4 is 15.9 Å². The Bertz CT molecular complexity index is 468. The highest BCUT2D eigenvalue weighted by Gasteiger charge is 2.32. The van der Waals surface area contributed by atoms with Crippen LogP contribution in [0.25, 0.3) is 0 Å². The van der Waals surface area contributed by atoms with Gasteiger partial charge in [-0.3, -0.25) is 0 Å². The van der Waals surface area contributed by atoms with Crippen LogP contribution >= 0.6 is 15.9 Å². The van der Waals surface area contributed by atoms with Gasteiger partial charge in [0.05, 0.1) is 5.60 Å². The van der Waals surface area contributed by atoms with Gasteiger partial charge in [-0.15, -0.1) is 0 Å². The summed E-state index contributed by atoms with van der Waals surface area (Å²) in [6.07, 6.45) is 4.02. The van der Waals surface area contributed by atoms with Gasteiger partial charge in [-0.05, 0) is 43.4 Å². The highest BCUT2D eigenvalue weighted by molar-refractivity contribution is 9.10. The molecule has 20 heavy (non-hydrogen) atoms. The van der Waals surface area contributed by atoms with Crippen molar-refractivity contribution in [2.75, 3.05) is 6.54 Å². The van der Waals surface area contributed by atoms with Crippen LogP contribution in [0, 0.1) is 11.7 Å². The number of hydrogen-bond acceptors (Lipinski definition) is 2. The van der Waals surface area contributed by atoms with Crippen LogP contribution in [0.1, 0.15) is 51.1 Å². The summed E-state index contributed by atoms with van der Waals surface area (Å²) in [7, 11) is 0. The van der Waals surface area contributed by atoms with Crippen molar-refractivity contribution < 1.29 is 9.50 Å². The summed E-state index contributed by atoms with van der Waals surface area (Å²) < 4.78 is 13.9. The van der Waals surface area contributed by atoms with E-state index >= 15 is 0 Å². The van der Waals surface area contributed by atoms with E-state index in [1.54, 1.807) is 6.07 Å². The van der Waals surface area contributed by atoms with Gasteiger partial charge in [0.25, 0.3) is 0 Å². The monoisotopic (exact) mass is 343 g/mol. The van der Waals surface area contributed by atoms with Crippen LogP contribution in [0.4, 0.5) is 4.39 Å². The molecule has 0 aliphatic heterocycles. The highest BCUT2D eigenvalue weighted by Crippen LogP contribution is 2.32. The van der Waals surface area contributed by atoms with Crippen molar-refractivity contribution in [3.05, 3.63) is 34.1 Å². The molecular weight excluding hydrogens is 321 g/mol. The van der Waals surface area contributed by atoms with Gasteiger partial charge < -0.3 is 10.4 Å². The van der Waals surface area contributed by atoms with E-state index in [9.17, 15) is 9.50 Å². The molecule has 1 fully saturated rings. The quantitative estimate of drug-likeness (QED) is 0.859. The van der Waals surface area contributed by atoms with Crippen LogP contribution < -0.4 is 5.32 Å². The largest absolute Gasteiger partial charge is 0.389 e. The van der Waals surface area contributed by atoms with Crippen LogP contribution in [-0.2, 0) is 0 Å². The predicted molar refractivity (Wildman–Crippen MR) is 83.1 cm³/mol. The number of hydrogen-bond donors (Lipinski definition) is 2. The lowest BCUT2D eigenvalue weighted by Gasteiger charge is -2.36. The zero-order valence-electron chi connectivity index (χ0n) is 12.1. The summed E-state index contributed by atoms with van der Waals surface area (Å²) in [6.45, 7) is 4.82. The zero-order valence-corrected chi connectivity index (χ0v) is 13.7. The molecule has 1 aromatic carbocycles. The van der Waals surface area contributed by atoms with Crippen molar-refractivity contribution in [2.45, 2.75) is 51.2 Å². The molecule has 2 rings (SSSR count). The van der Waals surface area contributed by atoms with E-state index in [0.717, 1.165) is 29.3 Å². The third kappa shape index (κ3) is 4.03. The molecule has 0 saturated heterocycles. The normalized spacial score (nSPS) is 28.4. The van der Waals surface area contributed by atoms with Gasteiger partial charge in [0, 0.05) is 17.1 Å². The fraction of sp³-hybridized carbons (Fsp3) is 0.625. The van der Waals surface area contributed by atoms with E-state index in [2.05, 4.69) is 28.2 Å². The number of aliphatic hydroxyl groups is 1. The summed E-state index contributed by atoms with van der Waals surface area (Å²) in [5.41, 5.74) is 0.414. The second-order valence-electron chi connectivity index (χ2n) is 6.19. The van der Waals surface area contributed by atoms with Crippen molar-refractivity contribution in [1.29, 1.82) is 0 Å². The minimum atomic E-state index is -0.599. The smallest absolute Gasteiger partial charge is 0.124 e. The molecule has 0 aromatic heterocycles. The van der Waals surface area contributed by atoms with Crippen LogP contribution in [0.2, 0.25) is 0 Å². The average Bonchev–Trinajstić information content (AvgIpc) is 2.36. The molecule has 0 amide bonds. The fourth-order valence-corrected chi connectivity index (χ4v) is 3.79. The van der Waals surface area contributed by atoms with Gasteiger partial charge in [-0.25, -0.2) is 4.39 Å². The molecule has 0 radical (unpaired) electrons. The van der Waals surface area contributed by atoms with E-state index in [-0.39, 0.29) is 11.9 Å². The first-order valence-electron chi connectivity index (χ1n) is 7.30. The van der Waals surface area contributed by atoms with Crippen molar-refractivity contribution in [1.82, 2.24) is 5.32 Å². The lowest BCUT2D eigenvalue weighted by molar-refractivity contribution is -0.0134. The summed E-state index contributed by atoms with van der Waals surface area (Å²) in [5, 5.41) is 14.0. The van der Waals surface area contributed by atoms with E-state index in [0.29, 0.717) is 12.5 Å². The van der Waals surface area contributed by atoms with Crippen LogP contribution in [0.3, 0.4) is 0 Å². The van der Waals surface area contributed by atoms with E-state index in [1.807, 2.05) is 6.92 Å². The van der Waals surface area contributed by atoms with E-state index in [1.165, 1.54) is 18.6 Å². The lowest BCUT2D eigenvalue weighted by atomic mass is 9.79. The first-order chi connectivity index (χ1) is 9.39. The number of nitrogens with one attached hydrogen (secondary N) is 1. The van der Waals surface area contributed by atoms with E-state index in [4.69, 9.17) is 0 Å². The van der Waals surface area contributed by atoms with Crippen LogP contribution in [-0.4, -0.2) is 17.3 Å². The average molecular weight is 344 g/mol. The predicted octanol–water partition coefficient (Wildman–Crippen LogP) is 4.18. The Hall–Kier alpha value is -0.450. The number of rotatable bonds is 4. The van der Waals surface area contributed by atoms with Gasteiger partial charge >= 0.3 is 0 Å². The van der Waals surface area contributed by atoms with Gasteiger partial charge in [0.2, 0.25) is 0 Å². The molecule has 0 heterocycles. The maximum atomic E-state index is 13.1. The Labute approximate surface area is 128 Å². The topological polar surface area (TPSA) is 32.3 Å². The molecule has 0 spiro atoms. The number of halogens is 2.